The summed E-state index contributed by atoms with van der Waals surface area (Å²) in [5.41, 5.74) is 0.193. The summed E-state index contributed by atoms with van der Waals surface area (Å²) in [4.78, 5) is 22.8. The van der Waals surface area contributed by atoms with Gasteiger partial charge < -0.3 is 24.8 Å². The summed E-state index contributed by atoms with van der Waals surface area (Å²) < 4.78 is 15.4. The summed E-state index contributed by atoms with van der Waals surface area (Å²) in [7, 11) is 4.34. The Balaban J connectivity index is 2.22. The number of amides is 1. The van der Waals surface area contributed by atoms with Crippen molar-refractivity contribution in [1.82, 2.24) is 0 Å². The molecule has 0 radical (unpaired) electrons. The lowest BCUT2D eigenvalue weighted by Gasteiger charge is -2.11. The average molecular weight is 398 g/mol. The molecule has 0 fully saturated rings. The highest BCUT2D eigenvalue weighted by molar-refractivity contribution is 6.06. The molecule has 29 heavy (non-hydrogen) atoms. The zero-order chi connectivity index (χ0) is 21.4. The SMILES string of the molecule is COc1ccc([N+](=O)[O-])cc1N/C=C(/C#N)C(=O)Nc1ccc(OC)c(OC)c1. The molecule has 0 saturated heterocycles. The molecule has 0 heterocycles. The van der Waals surface area contributed by atoms with Crippen LogP contribution in [0.4, 0.5) is 17.1 Å². The first-order valence-corrected chi connectivity index (χ1v) is 8.16. The molecule has 2 aromatic carbocycles. The molecule has 150 valence electrons. The van der Waals surface area contributed by atoms with E-state index in [1.807, 2.05) is 0 Å². The maximum Gasteiger partial charge on any atom is 0.271 e. The summed E-state index contributed by atoms with van der Waals surface area (Å²) in [5.74, 6) is 0.522. The fourth-order valence-electron chi connectivity index (χ4n) is 2.33. The van der Waals surface area contributed by atoms with Gasteiger partial charge in [-0.05, 0) is 18.2 Å². The summed E-state index contributed by atoms with van der Waals surface area (Å²) in [5, 5.41) is 25.5. The molecule has 0 aliphatic heterocycles. The van der Waals surface area contributed by atoms with Crippen LogP contribution in [0.1, 0.15) is 0 Å². The number of rotatable bonds is 8. The van der Waals surface area contributed by atoms with E-state index in [4.69, 9.17) is 14.2 Å². The molecule has 2 rings (SSSR count). The second kappa shape index (κ2) is 9.61. The molecular weight excluding hydrogens is 380 g/mol. The third-order valence-electron chi connectivity index (χ3n) is 3.77. The molecule has 0 atom stereocenters. The Labute approximate surface area is 166 Å². The van der Waals surface area contributed by atoms with Crippen molar-refractivity contribution in [2.45, 2.75) is 0 Å². The van der Waals surface area contributed by atoms with Gasteiger partial charge in [-0.15, -0.1) is 0 Å². The second-order valence-corrected chi connectivity index (χ2v) is 5.48. The van der Waals surface area contributed by atoms with Gasteiger partial charge in [0.25, 0.3) is 11.6 Å². The van der Waals surface area contributed by atoms with Crippen molar-refractivity contribution in [2.75, 3.05) is 32.0 Å². The maximum atomic E-state index is 12.4. The Morgan fingerprint density at radius 2 is 1.72 bits per heavy atom. The van der Waals surface area contributed by atoms with Crippen LogP contribution in [0.5, 0.6) is 17.2 Å². The number of carbonyl (C=O) groups excluding carboxylic acids is 1. The van der Waals surface area contributed by atoms with Gasteiger partial charge in [0.15, 0.2) is 11.5 Å². The molecule has 1 amide bonds. The first kappa shape index (κ1) is 21.0. The van der Waals surface area contributed by atoms with Crippen LogP contribution >= 0.6 is 0 Å². The normalized spacial score (nSPS) is 10.5. The van der Waals surface area contributed by atoms with Crippen LogP contribution < -0.4 is 24.8 Å². The second-order valence-electron chi connectivity index (χ2n) is 5.48. The van der Waals surface area contributed by atoms with E-state index >= 15 is 0 Å². The van der Waals surface area contributed by atoms with E-state index in [9.17, 15) is 20.2 Å². The average Bonchev–Trinajstić information content (AvgIpc) is 2.73. The quantitative estimate of drug-likeness (QED) is 0.300. The van der Waals surface area contributed by atoms with Gasteiger partial charge in [0.05, 0.1) is 31.9 Å². The van der Waals surface area contributed by atoms with Gasteiger partial charge in [-0.1, -0.05) is 0 Å². The third kappa shape index (κ3) is 5.14. The van der Waals surface area contributed by atoms with Gasteiger partial charge in [0.1, 0.15) is 17.4 Å². The highest BCUT2D eigenvalue weighted by atomic mass is 16.6. The molecule has 0 aromatic heterocycles. The van der Waals surface area contributed by atoms with Crippen molar-refractivity contribution in [1.29, 1.82) is 5.26 Å². The first-order valence-electron chi connectivity index (χ1n) is 8.16. The first-order chi connectivity index (χ1) is 13.9. The molecule has 0 bridgehead atoms. The number of nitro benzene ring substituents is 1. The number of anilines is 2. The minimum atomic E-state index is -0.684. The van der Waals surface area contributed by atoms with Crippen molar-refractivity contribution in [3.8, 4) is 23.3 Å². The Hall–Kier alpha value is -4.26. The number of nitriles is 1. The van der Waals surface area contributed by atoms with Gasteiger partial charge in [0, 0.05) is 30.1 Å². The minimum Gasteiger partial charge on any atom is -0.495 e. The number of nitrogens with zero attached hydrogens (tertiary/aromatic N) is 2. The Bertz CT molecular complexity index is 997. The van der Waals surface area contributed by atoms with Crippen LogP contribution in [-0.2, 0) is 4.79 Å². The molecule has 2 N–H and O–H groups in total. The minimum absolute atomic E-state index is 0.171. The molecule has 0 saturated carbocycles. The van der Waals surface area contributed by atoms with Crippen LogP contribution in [-0.4, -0.2) is 32.2 Å². The van der Waals surface area contributed by atoms with E-state index in [-0.39, 0.29) is 16.9 Å². The number of nitrogens with one attached hydrogen (secondary N) is 2. The van der Waals surface area contributed by atoms with E-state index in [2.05, 4.69) is 10.6 Å². The van der Waals surface area contributed by atoms with Crippen LogP contribution in [0.25, 0.3) is 0 Å². The largest absolute Gasteiger partial charge is 0.495 e. The molecule has 0 spiro atoms. The Morgan fingerprint density at radius 1 is 1.07 bits per heavy atom. The van der Waals surface area contributed by atoms with Crippen molar-refractivity contribution in [3.63, 3.8) is 0 Å². The lowest BCUT2D eigenvalue weighted by molar-refractivity contribution is -0.384. The number of nitro groups is 1. The summed E-state index contributed by atoms with van der Waals surface area (Å²) in [6, 6.07) is 10.4. The van der Waals surface area contributed by atoms with Gasteiger partial charge in [-0.2, -0.15) is 5.26 Å². The van der Waals surface area contributed by atoms with Crippen molar-refractivity contribution in [3.05, 3.63) is 58.3 Å². The molecule has 10 heteroatoms. The molecule has 0 unspecified atom stereocenters. The monoisotopic (exact) mass is 398 g/mol. The van der Waals surface area contributed by atoms with Gasteiger partial charge in [-0.3, -0.25) is 14.9 Å². The number of methoxy groups -OCH3 is 3. The third-order valence-corrected chi connectivity index (χ3v) is 3.77. The molecule has 2 aromatic rings. The number of non-ortho nitro benzene ring substituents is 1. The van der Waals surface area contributed by atoms with Crippen molar-refractivity contribution >= 4 is 23.0 Å². The Morgan fingerprint density at radius 3 is 2.31 bits per heavy atom. The smallest absolute Gasteiger partial charge is 0.271 e. The van der Waals surface area contributed by atoms with E-state index in [1.54, 1.807) is 24.3 Å². The fraction of sp³-hybridized carbons (Fsp3) is 0.158. The van der Waals surface area contributed by atoms with E-state index in [1.165, 1.54) is 39.5 Å². The standard InChI is InChI=1S/C19H18N4O6/c1-27-16-7-5-14(23(25)26)9-15(16)21-11-12(10-20)19(24)22-13-4-6-17(28-2)18(8-13)29-3/h4-9,11,21H,1-3H3,(H,22,24)/b12-11-. The van der Waals surface area contributed by atoms with Crippen LogP contribution in [0.2, 0.25) is 0 Å². The summed E-state index contributed by atoms with van der Waals surface area (Å²) >= 11 is 0. The highest BCUT2D eigenvalue weighted by Crippen LogP contribution is 2.30. The summed E-state index contributed by atoms with van der Waals surface area (Å²) in [6.07, 6.45) is 1.14. The fourth-order valence-corrected chi connectivity index (χ4v) is 2.33. The van der Waals surface area contributed by atoms with Crippen LogP contribution in [0.15, 0.2) is 48.2 Å². The number of hydrogen-bond donors (Lipinski definition) is 2. The van der Waals surface area contributed by atoms with Gasteiger partial charge in [0.2, 0.25) is 0 Å². The van der Waals surface area contributed by atoms with Gasteiger partial charge in [-0.25, -0.2) is 0 Å². The maximum absolute atomic E-state index is 12.4. The predicted octanol–water partition coefficient (Wildman–Crippen LogP) is 3.08. The summed E-state index contributed by atoms with van der Waals surface area (Å²) in [6.45, 7) is 0. The van der Waals surface area contributed by atoms with E-state index in [0.29, 0.717) is 22.9 Å². The lowest BCUT2D eigenvalue weighted by Crippen LogP contribution is -2.14. The predicted molar refractivity (Wildman–Crippen MR) is 105 cm³/mol. The van der Waals surface area contributed by atoms with E-state index in [0.717, 1.165) is 6.20 Å². The highest BCUT2D eigenvalue weighted by Gasteiger charge is 2.14. The molecule has 10 nitrogen and oxygen atoms in total. The van der Waals surface area contributed by atoms with Crippen molar-refractivity contribution in [2.24, 2.45) is 0 Å². The number of hydrogen-bond acceptors (Lipinski definition) is 8. The van der Waals surface area contributed by atoms with Crippen LogP contribution in [0.3, 0.4) is 0 Å². The Kier molecular flexibility index (Phi) is 6.97. The van der Waals surface area contributed by atoms with Gasteiger partial charge >= 0.3 is 0 Å². The van der Waals surface area contributed by atoms with E-state index < -0.39 is 10.8 Å². The molecular formula is C19H18N4O6. The zero-order valence-corrected chi connectivity index (χ0v) is 15.9. The number of benzene rings is 2. The topological polar surface area (TPSA) is 136 Å². The number of carbonyl (C=O) groups is 1. The zero-order valence-electron chi connectivity index (χ0n) is 15.9. The molecule has 0 aliphatic carbocycles. The lowest BCUT2D eigenvalue weighted by atomic mass is 10.2. The molecule has 0 aliphatic rings. The number of ether oxygens (including phenoxy) is 3. The van der Waals surface area contributed by atoms with Crippen LogP contribution in [0, 0.1) is 21.4 Å². The van der Waals surface area contributed by atoms with Crippen molar-refractivity contribution < 1.29 is 23.9 Å².